The normalized spacial score (nSPS) is 11.9. The van der Waals surface area contributed by atoms with Crippen molar-refractivity contribution in [1.29, 1.82) is 0 Å². The average molecular weight is 437 g/mol. The van der Waals surface area contributed by atoms with Crippen LogP contribution in [-0.2, 0) is 6.54 Å². The number of aliphatic hydroxyl groups excluding tert-OH is 1. The minimum atomic E-state index is -0.961. The fraction of sp³-hybridized carbons (Fsp3) is 0.150. The maximum atomic E-state index is 14.3. The van der Waals surface area contributed by atoms with E-state index >= 15 is 0 Å². The number of nitrogens with one attached hydrogen (secondary N) is 1. The van der Waals surface area contributed by atoms with Gasteiger partial charge in [0, 0.05) is 18.8 Å². The number of halogens is 3. The van der Waals surface area contributed by atoms with E-state index in [1.807, 2.05) is 6.07 Å². The highest BCUT2D eigenvalue weighted by atomic mass is 35.5. The number of pyridine rings is 1. The first-order valence-corrected chi connectivity index (χ1v) is 9.44. The van der Waals surface area contributed by atoms with Gasteiger partial charge in [0.2, 0.25) is 5.95 Å². The van der Waals surface area contributed by atoms with Crippen molar-refractivity contribution in [2.24, 2.45) is 5.73 Å². The van der Waals surface area contributed by atoms with Gasteiger partial charge in [0.25, 0.3) is 0 Å². The lowest BCUT2D eigenvalue weighted by atomic mass is 10.1. The zero-order valence-electron chi connectivity index (χ0n) is 15.2. The molecule has 0 aliphatic rings. The molecule has 2 aromatic carbocycles. The lowest BCUT2D eigenvalue weighted by Crippen LogP contribution is -2.14. The molecular weight excluding hydrogens is 418 g/mol. The molecule has 0 saturated carbocycles. The lowest BCUT2D eigenvalue weighted by molar-refractivity contribution is 0.191. The number of ether oxygens (including phenoxy) is 1. The molecule has 0 spiro atoms. The third-order valence-corrected chi connectivity index (χ3v) is 4.88. The Bertz CT molecular complexity index is 1010. The zero-order valence-corrected chi connectivity index (χ0v) is 16.7. The van der Waals surface area contributed by atoms with Gasteiger partial charge in [-0.3, -0.25) is 0 Å². The molecule has 6 nitrogen and oxygen atoms in total. The second-order valence-corrected chi connectivity index (χ2v) is 6.94. The number of hydrogen-bond acceptors (Lipinski definition) is 6. The molecule has 0 bridgehead atoms. The van der Waals surface area contributed by atoms with Gasteiger partial charge in [-0.1, -0.05) is 53.5 Å². The molecular formula is C20H19Cl2FN4O2. The first-order valence-electron chi connectivity index (χ1n) is 8.68. The van der Waals surface area contributed by atoms with Crippen LogP contribution in [0.1, 0.15) is 17.2 Å². The van der Waals surface area contributed by atoms with E-state index in [1.54, 1.807) is 42.5 Å². The van der Waals surface area contributed by atoms with Crippen LogP contribution in [0.5, 0.6) is 11.5 Å². The third kappa shape index (κ3) is 4.89. The van der Waals surface area contributed by atoms with Crippen molar-refractivity contribution in [3.05, 3.63) is 75.7 Å². The molecule has 6 N–H and O–H groups in total. The maximum absolute atomic E-state index is 14.3. The Morgan fingerprint density at radius 3 is 2.55 bits per heavy atom. The Morgan fingerprint density at radius 2 is 1.86 bits per heavy atom. The van der Waals surface area contributed by atoms with E-state index < -0.39 is 12.1 Å². The second-order valence-electron chi connectivity index (χ2n) is 6.18. The third-order valence-electron chi connectivity index (χ3n) is 4.20. The summed E-state index contributed by atoms with van der Waals surface area (Å²) in [6.45, 7) is 0.260. The van der Waals surface area contributed by atoms with Crippen LogP contribution in [0.25, 0.3) is 0 Å². The summed E-state index contributed by atoms with van der Waals surface area (Å²) in [7, 11) is 0. The van der Waals surface area contributed by atoms with E-state index in [4.69, 9.17) is 39.4 Å². The Morgan fingerprint density at radius 1 is 1.14 bits per heavy atom. The van der Waals surface area contributed by atoms with Crippen molar-refractivity contribution in [3.8, 4) is 11.5 Å². The first-order chi connectivity index (χ1) is 13.9. The van der Waals surface area contributed by atoms with Crippen LogP contribution in [0.15, 0.2) is 48.5 Å². The van der Waals surface area contributed by atoms with Gasteiger partial charge in [-0.2, -0.15) is 9.37 Å². The van der Waals surface area contributed by atoms with E-state index in [0.717, 1.165) is 0 Å². The van der Waals surface area contributed by atoms with Crippen LogP contribution < -0.4 is 21.5 Å². The van der Waals surface area contributed by atoms with Crippen LogP contribution in [0.4, 0.5) is 15.9 Å². The van der Waals surface area contributed by atoms with Crippen molar-refractivity contribution in [1.82, 2.24) is 4.98 Å². The van der Waals surface area contributed by atoms with Crippen LogP contribution >= 0.6 is 23.2 Å². The summed E-state index contributed by atoms with van der Waals surface area (Å²) in [5, 5.41) is 12.7. The van der Waals surface area contributed by atoms with Gasteiger partial charge in [-0.25, -0.2) is 0 Å². The summed E-state index contributed by atoms with van der Waals surface area (Å²) in [5.74, 6) is -0.736. The number of hydrogen-bond donors (Lipinski definition) is 4. The summed E-state index contributed by atoms with van der Waals surface area (Å²) in [6.07, 6.45) is -0.846. The van der Waals surface area contributed by atoms with Gasteiger partial charge >= 0.3 is 0 Å². The van der Waals surface area contributed by atoms with E-state index in [2.05, 4.69) is 10.3 Å². The van der Waals surface area contributed by atoms with Gasteiger partial charge < -0.3 is 26.6 Å². The van der Waals surface area contributed by atoms with Crippen molar-refractivity contribution < 1.29 is 14.2 Å². The highest BCUT2D eigenvalue weighted by Gasteiger charge is 2.21. The molecule has 0 aliphatic carbocycles. The Balaban J connectivity index is 1.84. The molecule has 0 fully saturated rings. The van der Waals surface area contributed by atoms with E-state index in [-0.39, 0.29) is 34.7 Å². The number of benzene rings is 2. The van der Waals surface area contributed by atoms with Crippen molar-refractivity contribution in [3.63, 3.8) is 0 Å². The van der Waals surface area contributed by atoms with E-state index in [0.29, 0.717) is 22.6 Å². The maximum Gasteiger partial charge on any atom is 0.237 e. The average Bonchev–Trinajstić information content (AvgIpc) is 2.74. The highest BCUT2D eigenvalue weighted by molar-refractivity contribution is 6.38. The Labute approximate surface area is 177 Å². The second kappa shape index (κ2) is 9.28. The zero-order chi connectivity index (χ0) is 21.0. The molecule has 3 rings (SSSR count). The molecule has 0 saturated heterocycles. The van der Waals surface area contributed by atoms with Crippen LogP contribution in [0, 0.1) is 5.95 Å². The van der Waals surface area contributed by atoms with E-state index in [9.17, 15) is 9.50 Å². The standard InChI is InChI=1S/C20H19Cl2FN4O2/c21-16-18(29-13-6-7-14(25)12(8-13)9-24)17(22)20(27-19(16)23)26-10-15(28)11-4-2-1-3-5-11/h1-8,15,28H,9-10,24-25H2,(H,26,27). The summed E-state index contributed by atoms with van der Waals surface area (Å²) in [5.41, 5.74) is 13.3. The van der Waals surface area contributed by atoms with Crippen molar-refractivity contribution >= 4 is 34.7 Å². The van der Waals surface area contributed by atoms with Crippen molar-refractivity contribution in [2.45, 2.75) is 12.6 Å². The SMILES string of the molecule is NCc1cc(Oc2c(Cl)c(F)nc(NCC(O)c3ccccc3)c2Cl)ccc1N. The molecule has 3 aromatic rings. The summed E-state index contributed by atoms with van der Waals surface area (Å²) >= 11 is 12.3. The number of rotatable bonds is 7. The topological polar surface area (TPSA) is 106 Å². The molecule has 1 aromatic heterocycles. The highest BCUT2D eigenvalue weighted by Crippen LogP contribution is 2.41. The molecule has 1 unspecified atom stereocenters. The number of nitrogens with zero attached hydrogens (tertiary/aromatic N) is 1. The molecule has 9 heteroatoms. The Kier molecular flexibility index (Phi) is 6.76. The minimum Gasteiger partial charge on any atom is -0.454 e. The molecule has 152 valence electrons. The predicted molar refractivity (Wildman–Crippen MR) is 113 cm³/mol. The van der Waals surface area contributed by atoms with Crippen LogP contribution in [0.3, 0.4) is 0 Å². The van der Waals surface area contributed by atoms with Crippen molar-refractivity contribution in [2.75, 3.05) is 17.6 Å². The minimum absolute atomic E-state index is 0.00644. The molecule has 1 heterocycles. The largest absolute Gasteiger partial charge is 0.454 e. The number of nitrogens with two attached hydrogens (primary N) is 2. The quantitative estimate of drug-likeness (QED) is 0.320. The van der Waals surface area contributed by atoms with Gasteiger partial charge in [0.05, 0.1) is 6.10 Å². The first kappa shape index (κ1) is 21.1. The molecule has 1 atom stereocenters. The number of aliphatic hydroxyl groups is 1. The van der Waals surface area contributed by atoms with Gasteiger partial charge in [0.1, 0.15) is 15.8 Å². The van der Waals surface area contributed by atoms with Crippen LogP contribution in [0.2, 0.25) is 10.0 Å². The molecule has 0 radical (unpaired) electrons. The van der Waals surface area contributed by atoms with E-state index in [1.165, 1.54) is 0 Å². The smallest absolute Gasteiger partial charge is 0.237 e. The lowest BCUT2D eigenvalue weighted by Gasteiger charge is -2.17. The summed E-state index contributed by atoms with van der Waals surface area (Å²) in [4.78, 5) is 3.72. The number of anilines is 2. The molecule has 0 amide bonds. The summed E-state index contributed by atoms with van der Waals surface area (Å²) < 4.78 is 19.9. The van der Waals surface area contributed by atoms with Gasteiger partial charge in [-0.05, 0) is 29.3 Å². The number of nitrogen functional groups attached to an aromatic ring is 1. The molecule has 0 aliphatic heterocycles. The van der Waals surface area contributed by atoms with Gasteiger partial charge in [-0.15, -0.1) is 0 Å². The fourth-order valence-corrected chi connectivity index (χ4v) is 3.09. The summed E-state index contributed by atoms with van der Waals surface area (Å²) in [6, 6.07) is 13.8. The fourth-order valence-electron chi connectivity index (χ4n) is 2.63. The predicted octanol–water partition coefficient (Wildman–Crippen LogP) is 4.51. The Hall–Kier alpha value is -2.58. The molecule has 29 heavy (non-hydrogen) atoms. The van der Waals surface area contributed by atoms with Crippen LogP contribution in [-0.4, -0.2) is 16.6 Å². The van der Waals surface area contributed by atoms with Gasteiger partial charge in [0.15, 0.2) is 11.6 Å². The number of aromatic nitrogens is 1. The monoisotopic (exact) mass is 436 g/mol.